The second-order valence-electron chi connectivity index (χ2n) is 5.46. The standard InChI is InChI=1S/C20H16N2.ClH/c1-14-8-2-5-11-17(14)22-20-15-9-3-6-12-18(15)21-19-13-7-4-10-16(19)20;/h2-13H,1H3,(H,21,22);1H. The van der Waals surface area contributed by atoms with Crippen LogP contribution in [0.25, 0.3) is 21.8 Å². The molecule has 4 aromatic rings. The zero-order chi connectivity index (χ0) is 14.9. The minimum atomic E-state index is 0. The van der Waals surface area contributed by atoms with Crippen molar-refractivity contribution in [3.63, 3.8) is 0 Å². The third-order valence-electron chi connectivity index (χ3n) is 3.99. The molecule has 2 nitrogen and oxygen atoms in total. The van der Waals surface area contributed by atoms with Gasteiger partial charge < -0.3 is 5.32 Å². The van der Waals surface area contributed by atoms with E-state index in [0.29, 0.717) is 0 Å². The first-order valence-electron chi connectivity index (χ1n) is 7.43. The zero-order valence-corrected chi connectivity index (χ0v) is 13.6. The molecule has 0 aliphatic carbocycles. The van der Waals surface area contributed by atoms with Crippen LogP contribution in [0, 0.1) is 6.92 Å². The maximum atomic E-state index is 4.76. The van der Waals surface area contributed by atoms with Crippen molar-refractivity contribution < 1.29 is 0 Å². The van der Waals surface area contributed by atoms with Crippen molar-refractivity contribution in [3.05, 3.63) is 78.4 Å². The summed E-state index contributed by atoms with van der Waals surface area (Å²) in [6.07, 6.45) is 0. The molecule has 114 valence electrons. The number of para-hydroxylation sites is 3. The lowest BCUT2D eigenvalue weighted by Gasteiger charge is -2.14. The van der Waals surface area contributed by atoms with Crippen molar-refractivity contribution >= 4 is 45.6 Å². The summed E-state index contributed by atoms with van der Waals surface area (Å²) in [6, 6.07) is 24.9. The molecule has 1 heterocycles. The highest BCUT2D eigenvalue weighted by atomic mass is 35.5. The van der Waals surface area contributed by atoms with Crippen LogP contribution >= 0.6 is 12.4 Å². The molecule has 0 bridgehead atoms. The van der Waals surface area contributed by atoms with Crippen LogP contribution in [0.5, 0.6) is 0 Å². The number of nitrogens with zero attached hydrogens (tertiary/aromatic N) is 1. The summed E-state index contributed by atoms with van der Waals surface area (Å²) in [5.41, 5.74) is 5.50. The molecule has 0 unspecified atom stereocenters. The van der Waals surface area contributed by atoms with E-state index in [1.807, 2.05) is 12.1 Å². The molecule has 0 saturated carbocycles. The molecule has 0 fully saturated rings. The second kappa shape index (κ2) is 6.27. The predicted molar refractivity (Wildman–Crippen MR) is 101 cm³/mol. The van der Waals surface area contributed by atoms with Gasteiger partial charge in [0.05, 0.1) is 16.7 Å². The Morgan fingerprint density at radius 1 is 0.696 bits per heavy atom. The maximum absolute atomic E-state index is 4.76. The number of anilines is 2. The number of hydrogen-bond acceptors (Lipinski definition) is 2. The van der Waals surface area contributed by atoms with E-state index in [1.165, 1.54) is 5.56 Å². The summed E-state index contributed by atoms with van der Waals surface area (Å²) < 4.78 is 0. The molecule has 23 heavy (non-hydrogen) atoms. The van der Waals surface area contributed by atoms with Crippen LogP contribution in [0.4, 0.5) is 11.4 Å². The van der Waals surface area contributed by atoms with Gasteiger partial charge in [0.25, 0.3) is 0 Å². The Morgan fingerprint density at radius 3 is 1.83 bits per heavy atom. The van der Waals surface area contributed by atoms with Crippen LogP contribution in [-0.4, -0.2) is 4.98 Å². The first kappa shape index (κ1) is 15.3. The molecule has 0 saturated heterocycles. The highest BCUT2D eigenvalue weighted by Crippen LogP contribution is 2.33. The number of pyridine rings is 1. The van der Waals surface area contributed by atoms with E-state index in [4.69, 9.17) is 4.98 Å². The molecular weight excluding hydrogens is 304 g/mol. The highest BCUT2D eigenvalue weighted by molar-refractivity contribution is 6.08. The number of benzene rings is 3. The Hall–Kier alpha value is -2.58. The van der Waals surface area contributed by atoms with Gasteiger partial charge in [-0.1, -0.05) is 54.6 Å². The van der Waals surface area contributed by atoms with Crippen molar-refractivity contribution in [2.24, 2.45) is 0 Å². The average Bonchev–Trinajstić information content (AvgIpc) is 2.56. The second-order valence-corrected chi connectivity index (χ2v) is 5.46. The molecular formula is C20H17ClN2. The zero-order valence-electron chi connectivity index (χ0n) is 12.8. The Morgan fingerprint density at radius 2 is 1.22 bits per heavy atom. The van der Waals surface area contributed by atoms with Crippen LogP contribution in [-0.2, 0) is 0 Å². The fraction of sp³-hybridized carbons (Fsp3) is 0.0500. The third kappa shape index (κ3) is 2.73. The van der Waals surface area contributed by atoms with E-state index in [2.05, 4.69) is 72.9 Å². The van der Waals surface area contributed by atoms with E-state index < -0.39 is 0 Å². The number of hydrogen-bond donors (Lipinski definition) is 1. The molecule has 0 amide bonds. The lowest BCUT2D eigenvalue weighted by Crippen LogP contribution is -1.96. The van der Waals surface area contributed by atoms with Crippen LogP contribution in [0.1, 0.15) is 5.56 Å². The van der Waals surface area contributed by atoms with Gasteiger partial charge in [-0.25, -0.2) is 4.98 Å². The van der Waals surface area contributed by atoms with Gasteiger partial charge in [0.1, 0.15) is 0 Å². The molecule has 0 radical (unpaired) electrons. The number of aryl methyl sites for hydroxylation is 1. The van der Waals surface area contributed by atoms with E-state index >= 15 is 0 Å². The van der Waals surface area contributed by atoms with Crippen molar-refractivity contribution in [2.75, 3.05) is 5.32 Å². The van der Waals surface area contributed by atoms with Gasteiger partial charge in [-0.2, -0.15) is 0 Å². The smallest absolute Gasteiger partial charge is 0.0730 e. The van der Waals surface area contributed by atoms with Gasteiger partial charge in [0.15, 0.2) is 0 Å². The molecule has 3 heteroatoms. The number of nitrogens with one attached hydrogen (secondary N) is 1. The van der Waals surface area contributed by atoms with Crippen LogP contribution in [0.2, 0.25) is 0 Å². The van der Waals surface area contributed by atoms with E-state index in [9.17, 15) is 0 Å². The number of fused-ring (bicyclic) bond motifs is 2. The Balaban J connectivity index is 0.00000156. The van der Waals surface area contributed by atoms with E-state index in [0.717, 1.165) is 33.2 Å². The van der Waals surface area contributed by atoms with E-state index in [-0.39, 0.29) is 12.4 Å². The van der Waals surface area contributed by atoms with Crippen LogP contribution in [0.15, 0.2) is 72.8 Å². The Labute approximate surface area is 141 Å². The van der Waals surface area contributed by atoms with Gasteiger partial charge in [0, 0.05) is 16.5 Å². The first-order chi connectivity index (χ1) is 10.8. The molecule has 1 N–H and O–H groups in total. The van der Waals surface area contributed by atoms with Gasteiger partial charge in [-0.3, -0.25) is 0 Å². The topological polar surface area (TPSA) is 24.9 Å². The summed E-state index contributed by atoms with van der Waals surface area (Å²) in [6.45, 7) is 2.12. The van der Waals surface area contributed by atoms with Crippen LogP contribution < -0.4 is 5.32 Å². The quantitative estimate of drug-likeness (QED) is 0.468. The minimum absolute atomic E-state index is 0. The first-order valence-corrected chi connectivity index (χ1v) is 7.43. The van der Waals surface area contributed by atoms with Crippen molar-refractivity contribution in [3.8, 4) is 0 Å². The highest BCUT2D eigenvalue weighted by Gasteiger charge is 2.09. The minimum Gasteiger partial charge on any atom is -0.354 e. The van der Waals surface area contributed by atoms with Gasteiger partial charge >= 0.3 is 0 Å². The SMILES string of the molecule is Cc1ccccc1Nc1c2ccccc2nc2ccccc12.Cl. The lowest BCUT2D eigenvalue weighted by atomic mass is 10.1. The van der Waals surface area contributed by atoms with Gasteiger partial charge in [-0.05, 0) is 30.7 Å². The summed E-state index contributed by atoms with van der Waals surface area (Å²) >= 11 is 0. The van der Waals surface area contributed by atoms with Gasteiger partial charge in [-0.15, -0.1) is 12.4 Å². The maximum Gasteiger partial charge on any atom is 0.0730 e. The number of halogens is 1. The van der Waals surface area contributed by atoms with Crippen molar-refractivity contribution in [2.45, 2.75) is 6.92 Å². The summed E-state index contributed by atoms with van der Waals surface area (Å²) in [4.78, 5) is 4.76. The average molecular weight is 321 g/mol. The monoisotopic (exact) mass is 320 g/mol. The van der Waals surface area contributed by atoms with E-state index in [1.54, 1.807) is 0 Å². The predicted octanol–water partition coefficient (Wildman–Crippen LogP) is 5.86. The Bertz CT molecular complexity index is 925. The van der Waals surface area contributed by atoms with Crippen molar-refractivity contribution in [1.82, 2.24) is 4.98 Å². The molecule has 1 aromatic heterocycles. The fourth-order valence-electron chi connectivity index (χ4n) is 2.82. The summed E-state index contributed by atoms with van der Waals surface area (Å²) in [7, 11) is 0. The largest absolute Gasteiger partial charge is 0.354 e. The molecule has 4 rings (SSSR count). The number of aromatic nitrogens is 1. The summed E-state index contributed by atoms with van der Waals surface area (Å²) in [5.74, 6) is 0. The molecule has 3 aromatic carbocycles. The molecule has 0 atom stereocenters. The third-order valence-corrected chi connectivity index (χ3v) is 3.99. The summed E-state index contributed by atoms with van der Waals surface area (Å²) in [5, 5.41) is 5.90. The van der Waals surface area contributed by atoms with Crippen LogP contribution in [0.3, 0.4) is 0 Å². The molecule has 0 aliphatic rings. The molecule has 0 spiro atoms. The number of rotatable bonds is 2. The van der Waals surface area contributed by atoms with Gasteiger partial charge in [0.2, 0.25) is 0 Å². The normalized spacial score (nSPS) is 10.5. The molecule has 0 aliphatic heterocycles. The fourth-order valence-corrected chi connectivity index (χ4v) is 2.82. The lowest BCUT2D eigenvalue weighted by molar-refractivity contribution is 1.43. The Kier molecular flexibility index (Phi) is 4.18. The van der Waals surface area contributed by atoms with Crippen molar-refractivity contribution in [1.29, 1.82) is 0 Å².